The van der Waals surface area contributed by atoms with E-state index in [-0.39, 0.29) is 4.90 Å². The molecule has 0 atom stereocenters. The summed E-state index contributed by atoms with van der Waals surface area (Å²) in [7, 11) is 0.00553. The van der Waals surface area contributed by atoms with Gasteiger partial charge in [0.1, 0.15) is 0 Å². The molecule has 1 rings (SSSR count). The van der Waals surface area contributed by atoms with Crippen LogP contribution in [-0.2, 0) is 14.8 Å². The molecule has 0 aliphatic heterocycles. The van der Waals surface area contributed by atoms with Crippen molar-refractivity contribution in [2.75, 3.05) is 40.4 Å². The van der Waals surface area contributed by atoms with Gasteiger partial charge in [-0.2, -0.15) is 5.26 Å². The highest BCUT2D eigenvalue weighted by Crippen LogP contribution is 2.09. The maximum absolute atomic E-state index is 12.0. The summed E-state index contributed by atoms with van der Waals surface area (Å²) in [4.78, 5) is 2.14. The van der Waals surface area contributed by atoms with Crippen molar-refractivity contribution in [2.45, 2.75) is 4.90 Å². The third kappa shape index (κ3) is 5.27. The first-order valence-electron chi connectivity index (χ1n) is 6.17. The van der Waals surface area contributed by atoms with Crippen LogP contribution in [-0.4, -0.2) is 53.7 Å². The Kier molecular flexibility index (Phi) is 6.61. The molecule has 0 heterocycles. The second-order valence-electron chi connectivity index (χ2n) is 4.33. The SMILES string of the molecule is COCCN(C)CCNS(=O)(=O)c1ccc(C#N)cc1. The minimum Gasteiger partial charge on any atom is -0.383 e. The fourth-order valence-corrected chi connectivity index (χ4v) is 2.54. The Morgan fingerprint density at radius 3 is 2.50 bits per heavy atom. The standard InChI is InChI=1S/C13H19N3O3S/c1-16(9-10-19-2)8-7-15-20(17,18)13-5-3-12(11-14)4-6-13/h3-6,15H,7-10H2,1-2H3. The molecule has 0 aliphatic carbocycles. The van der Waals surface area contributed by atoms with E-state index in [4.69, 9.17) is 10.00 Å². The molecule has 1 aromatic rings. The van der Waals surface area contributed by atoms with Gasteiger partial charge in [-0.05, 0) is 31.3 Å². The minimum atomic E-state index is -3.52. The Labute approximate surface area is 120 Å². The predicted molar refractivity (Wildman–Crippen MR) is 75.7 cm³/mol. The largest absolute Gasteiger partial charge is 0.383 e. The lowest BCUT2D eigenvalue weighted by Gasteiger charge is -2.16. The number of likely N-dealkylation sites (N-methyl/N-ethyl adjacent to an activating group) is 1. The molecule has 0 aliphatic rings. The van der Waals surface area contributed by atoms with Crippen molar-refractivity contribution in [3.63, 3.8) is 0 Å². The summed E-state index contributed by atoms with van der Waals surface area (Å²) in [6.45, 7) is 2.27. The molecule has 6 nitrogen and oxygen atoms in total. The van der Waals surface area contributed by atoms with Crippen LogP contribution >= 0.6 is 0 Å². The lowest BCUT2D eigenvalue weighted by molar-refractivity contribution is 0.162. The van der Waals surface area contributed by atoms with E-state index in [1.54, 1.807) is 7.11 Å². The van der Waals surface area contributed by atoms with Gasteiger partial charge in [-0.15, -0.1) is 0 Å². The first-order chi connectivity index (χ1) is 9.49. The monoisotopic (exact) mass is 297 g/mol. The molecule has 0 bridgehead atoms. The lowest BCUT2D eigenvalue weighted by atomic mass is 10.2. The Morgan fingerprint density at radius 2 is 1.95 bits per heavy atom. The van der Waals surface area contributed by atoms with Crippen LogP contribution in [0.4, 0.5) is 0 Å². The molecule has 0 saturated carbocycles. The average molecular weight is 297 g/mol. The van der Waals surface area contributed by atoms with Gasteiger partial charge in [0.2, 0.25) is 10.0 Å². The molecule has 0 fully saturated rings. The van der Waals surface area contributed by atoms with E-state index in [0.29, 0.717) is 25.3 Å². The highest BCUT2D eigenvalue weighted by molar-refractivity contribution is 7.89. The fraction of sp³-hybridized carbons (Fsp3) is 0.462. The number of hydrogen-bond donors (Lipinski definition) is 1. The maximum Gasteiger partial charge on any atom is 0.240 e. The zero-order valence-corrected chi connectivity index (χ0v) is 12.5. The third-order valence-corrected chi connectivity index (χ3v) is 4.23. The zero-order chi connectivity index (χ0) is 15.0. The fourth-order valence-electron chi connectivity index (χ4n) is 1.52. The third-order valence-electron chi connectivity index (χ3n) is 2.76. The van der Waals surface area contributed by atoms with Crippen LogP contribution < -0.4 is 4.72 Å². The molecule has 7 heteroatoms. The van der Waals surface area contributed by atoms with Crippen LogP contribution in [0.25, 0.3) is 0 Å². The summed E-state index contributed by atoms with van der Waals surface area (Å²) in [5, 5.41) is 8.67. The number of nitriles is 1. The first kappa shape index (κ1) is 16.6. The topological polar surface area (TPSA) is 82.4 Å². The van der Waals surface area contributed by atoms with Crippen molar-refractivity contribution in [1.82, 2.24) is 9.62 Å². The molecule has 20 heavy (non-hydrogen) atoms. The van der Waals surface area contributed by atoms with Crippen molar-refractivity contribution in [1.29, 1.82) is 5.26 Å². The van der Waals surface area contributed by atoms with E-state index >= 15 is 0 Å². The molecule has 0 amide bonds. The van der Waals surface area contributed by atoms with Crippen LogP contribution in [0.3, 0.4) is 0 Å². The van der Waals surface area contributed by atoms with E-state index in [0.717, 1.165) is 6.54 Å². The van der Waals surface area contributed by atoms with Crippen molar-refractivity contribution in [2.24, 2.45) is 0 Å². The number of sulfonamides is 1. The lowest BCUT2D eigenvalue weighted by Crippen LogP contribution is -2.34. The van der Waals surface area contributed by atoms with Crippen molar-refractivity contribution in [3.8, 4) is 6.07 Å². The highest BCUT2D eigenvalue weighted by Gasteiger charge is 2.13. The van der Waals surface area contributed by atoms with Gasteiger partial charge >= 0.3 is 0 Å². The second-order valence-corrected chi connectivity index (χ2v) is 6.10. The molecule has 1 aromatic carbocycles. The molecule has 0 unspecified atom stereocenters. The summed E-state index contributed by atoms with van der Waals surface area (Å²) in [6.07, 6.45) is 0. The van der Waals surface area contributed by atoms with Crippen molar-refractivity contribution < 1.29 is 13.2 Å². The number of benzene rings is 1. The van der Waals surface area contributed by atoms with E-state index in [1.165, 1.54) is 24.3 Å². The molecule has 110 valence electrons. The number of rotatable bonds is 8. The van der Waals surface area contributed by atoms with Crippen molar-refractivity contribution >= 4 is 10.0 Å². The van der Waals surface area contributed by atoms with E-state index in [9.17, 15) is 8.42 Å². The summed E-state index contributed by atoms with van der Waals surface area (Å²) in [5.74, 6) is 0. The van der Waals surface area contributed by atoms with E-state index in [1.807, 2.05) is 18.0 Å². The number of hydrogen-bond acceptors (Lipinski definition) is 5. The van der Waals surface area contributed by atoms with Crippen LogP contribution in [0, 0.1) is 11.3 Å². The smallest absolute Gasteiger partial charge is 0.240 e. The Bertz CT molecular complexity index is 549. The van der Waals surface area contributed by atoms with Gasteiger partial charge in [-0.25, -0.2) is 13.1 Å². The van der Waals surface area contributed by atoms with Gasteiger partial charge in [-0.1, -0.05) is 0 Å². The average Bonchev–Trinajstić information content (AvgIpc) is 2.45. The van der Waals surface area contributed by atoms with Gasteiger partial charge in [0.05, 0.1) is 23.1 Å². The molecular formula is C13H19N3O3S. The van der Waals surface area contributed by atoms with Crippen LogP contribution in [0.15, 0.2) is 29.2 Å². The summed E-state index contributed by atoms with van der Waals surface area (Å²) < 4.78 is 31.5. The summed E-state index contributed by atoms with van der Waals surface area (Å²) >= 11 is 0. The van der Waals surface area contributed by atoms with Gasteiger partial charge in [0.15, 0.2) is 0 Å². The quantitative estimate of drug-likeness (QED) is 0.751. The Morgan fingerprint density at radius 1 is 1.30 bits per heavy atom. The molecular weight excluding hydrogens is 278 g/mol. The summed E-state index contributed by atoms with van der Waals surface area (Å²) in [5.41, 5.74) is 0.434. The maximum atomic E-state index is 12.0. The second kappa shape index (κ2) is 7.97. The minimum absolute atomic E-state index is 0.163. The molecule has 0 aromatic heterocycles. The number of nitrogens with zero attached hydrogens (tertiary/aromatic N) is 2. The van der Waals surface area contributed by atoms with Gasteiger partial charge < -0.3 is 9.64 Å². The summed E-state index contributed by atoms with van der Waals surface area (Å²) in [6, 6.07) is 7.77. The van der Waals surface area contributed by atoms with Gasteiger partial charge in [0, 0.05) is 26.7 Å². The number of methoxy groups -OCH3 is 1. The van der Waals surface area contributed by atoms with Crippen molar-refractivity contribution in [3.05, 3.63) is 29.8 Å². The predicted octanol–water partition coefficient (Wildman–Crippen LogP) is 0.415. The van der Waals surface area contributed by atoms with E-state index < -0.39 is 10.0 Å². The van der Waals surface area contributed by atoms with Gasteiger partial charge in [-0.3, -0.25) is 0 Å². The zero-order valence-electron chi connectivity index (χ0n) is 11.7. The molecule has 0 saturated heterocycles. The Balaban J connectivity index is 2.51. The Hall–Kier alpha value is -1.46. The van der Waals surface area contributed by atoms with E-state index in [2.05, 4.69) is 4.72 Å². The first-order valence-corrected chi connectivity index (χ1v) is 7.65. The highest BCUT2D eigenvalue weighted by atomic mass is 32.2. The van der Waals surface area contributed by atoms with Crippen LogP contribution in [0.1, 0.15) is 5.56 Å². The van der Waals surface area contributed by atoms with Gasteiger partial charge in [0.25, 0.3) is 0 Å². The normalized spacial score (nSPS) is 11.5. The molecule has 0 radical (unpaired) electrons. The molecule has 1 N–H and O–H groups in total. The number of nitrogens with one attached hydrogen (secondary N) is 1. The number of ether oxygens (including phenoxy) is 1. The van der Waals surface area contributed by atoms with Crippen LogP contribution in [0.5, 0.6) is 0 Å². The molecule has 0 spiro atoms. The van der Waals surface area contributed by atoms with Crippen LogP contribution in [0.2, 0.25) is 0 Å².